The molecule has 0 saturated carbocycles. The Kier molecular flexibility index (Phi) is 2.64. The van der Waals surface area contributed by atoms with Crippen molar-refractivity contribution in [1.29, 1.82) is 0 Å². The van der Waals surface area contributed by atoms with Gasteiger partial charge in [-0.25, -0.2) is 4.79 Å². The molecular weight excluding hydrogens is 268 g/mol. The van der Waals surface area contributed by atoms with E-state index in [1.54, 1.807) is 18.2 Å². The number of amides is 1. The van der Waals surface area contributed by atoms with Crippen molar-refractivity contribution in [1.82, 2.24) is 15.0 Å². The molecule has 0 aliphatic heterocycles. The van der Waals surface area contributed by atoms with E-state index in [4.69, 9.17) is 11.6 Å². The van der Waals surface area contributed by atoms with Crippen LogP contribution in [0.25, 0.3) is 11.0 Å². The number of aromatic nitrogens is 3. The predicted octanol–water partition coefficient (Wildman–Crippen LogP) is 2.09. The van der Waals surface area contributed by atoms with Crippen molar-refractivity contribution in [3.8, 4) is 0 Å². The van der Waals surface area contributed by atoms with Crippen molar-refractivity contribution < 1.29 is 4.79 Å². The number of fused-ring (bicyclic) bond motifs is 1. The zero-order valence-corrected chi connectivity index (χ0v) is 10.3. The van der Waals surface area contributed by atoms with E-state index in [1.807, 2.05) is 0 Å². The normalized spacial score (nSPS) is 10.8. The van der Waals surface area contributed by atoms with Crippen LogP contribution in [0.5, 0.6) is 0 Å². The zero-order chi connectivity index (χ0) is 13.4. The Morgan fingerprint density at radius 3 is 2.68 bits per heavy atom. The summed E-state index contributed by atoms with van der Waals surface area (Å²) in [6.45, 7) is 0. The maximum Gasteiger partial charge on any atom is 0.323 e. The van der Waals surface area contributed by atoms with Gasteiger partial charge in [0, 0.05) is 11.9 Å². The number of hydrogen-bond donors (Lipinski definition) is 4. The Morgan fingerprint density at radius 1 is 1.16 bits per heavy atom. The molecule has 0 unspecified atom stereocenters. The Hall–Kier alpha value is -2.47. The highest BCUT2D eigenvalue weighted by Crippen LogP contribution is 2.16. The first-order valence-electron chi connectivity index (χ1n) is 5.49. The molecule has 0 atom stereocenters. The van der Waals surface area contributed by atoms with E-state index >= 15 is 0 Å². The van der Waals surface area contributed by atoms with Gasteiger partial charge in [-0.15, -0.1) is 0 Å². The fourth-order valence-corrected chi connectivity index (χ4v) is 1.97. The van der Waals surface area contributed by atoms with Crippen LogP contribution in [0.1, 0.15) is 10.5 Å². The second-order valence-corrected chi connectivity index (χ2v) is 4.46. The van der Waals surface area contributed by atoms with Gasteiger partial charge in [0.15, 0.2) is 0 Å². The third kappa shape index (κ3) is 2.25. The van der Waals surface area contributed by atoms with Gasteiger partial charge < -0.3 is 20.3 Å². The van der Waals surface area contributed by atoms with Crippen LogP contribution >= 0.6 is 11.6 Å². The topological polar surface area (TPSA) is 93.5 Å². The quantitative estimate of drug-likeness (QED) is 0.577. The largest absolute Gasteiger partial charge is 0.356 e. The number of imidazole rings is 1. The van der Waals surface area contributed by atoms with Crippen molar-refractivity contribution in [2.45, 2.75) is 0 Å². The highest BCUT2D eigenvalue weighted by Gasteiger charge is 2.09. The zero-order valence-electron chi connectivity index (χ0n) is 9.58. The lowest BCUT2D eigenvalue weighted by Gasteiger charge is -2.03. The molecule has 19 heavy (non-hydrogen) atoms. The number of anilines is 1. The van der Waals surface area contributed by atoms with E-state index in [-0.39, 0.29) is 11.6 Å². The molecule has 96 valence electrons. The second kappa shape index (κ2) is 4.33. The van der Waals surface area contributed by atoms with Crippen LogP contribution in [0, 0.1) is 0 Å². The Bertz CT molecular complexity index is 814. The number of aromatic amines is 3. The lowest BCUT2D eigenvalue weighted by atomic mass is 10.2. The molecule has 0 spiro atoms. The SMILES string of the molecule is O=C(Nc1ccc2[nH]c(=O)[nH]c2c1)c1cc(Cl)c[nH]1. The third-order valence-corrected chi connectivity index (χ3v) is 2.88. The van der Waals surface area contributed by atoms with E-state index in [0.717, 1.165) is 0 Å². The van der Waals surface area contributed by atoms with E-state index in [0.29, 0.717) is 27.4 Å². The van der Waals surface area contributed by atoms with Gasteiger partial charge >= 0.3 is 5.69 Å². The fourth-order valence-electron chi connectivity index (χ4n) is 1.81. The van der Waals surface area contributed by atoms with Crippen LogP contribution in [0.4, 0.5) is 5.69 Å². The summed E-state index contributed by atoms with van der Waals surface area (Å²) < 4.78 is 0. The number of carbonyl (C=O) groups excluding carboxylic acids is 1. The lowest BCUT2D eigenvalue weighted by molar-refractivity contribution is 0.102. The standard InChI is InChI=1S/C12H9ClN4O2/c13-6-3-10(14-5-6)11(18)15-7-1-2-8-9(4-7)17-12(19)16-8/h1-5,14H,(H,15,18)(H2,16,17,19). The molecule has 4 N–H and O–H groups in total. The van der Waals surface area contributed by atoms with Crippen molar-refractivity contribution in [2.24, 2.45) is 0 Å². The van der Waals surface area contributed by atoms with E-state index in [2.05, 4.69) is 20.3 Å². The molecule has 0 aliphatic rings. The van der Waals surface area contributed by atoms with Gasteiger partial charge in [0.25, 0.3) is 5.91 Å². The first-order valence-corrected chi connectivity index (χ1v) is 5.87. The van der Waals surface area contributed by atoms with Gasteiger partial charge in [-0.3, -0.25) is 4.79 Å². The first kappa shape index (κ1) is 11.6. The van der Waals surface area contributed by atoms with Crippen LogP contribution in [-0.2, 0) is 0 Å². The molecule has 0 aliphatic carbocycles. The second-order valence-electron chi connectivity index (χ2n) is 4.03. The predicted molar refractivity (Wildman–Crippen MR) is 72.7 cm³/mol. The van der Waals surface area contributed by atoms with Crippen LogP contribution in [0.3, 0.4) is 0 Å². The number of benzene rings is 1. The molecule has 3 rings (SSSR count). The number of nitrogens with one attached hydrogen (secondary N) is 4. The van der Waals surface area contributed by atoms with Crippen LogP contribution in [-0.4, -0.2) is 20.9 Å². The van der Waals surface area contributed by atoms with Crippen LogP contribution in [0.2, 0.25) is 5.02 Å². The maximum absolute atomic E-state index is 11.9. The number of halogens is 1. The summed E-state index contributed by atoms with van der Waals surface area (Å²) in [5, 5.41) is 3.18. The first-order chi connectivity index (χ1) is 9.11. The minimum absolute atomic E-state index is 0.283. The fraction of sp³-hybridized carbons (Fsp3) is 0. The minimum Gasteiger partial charge on any atom is -0.356 e. The summed E-state index contributed by atoms with van der Waals surface area (Å²) in [7, 11) is 0. The molecule has 2 heterocycles. The number of H-pyrrole nitrogens is 3. The lowest BCUT2D eigenvalue weighted by Crippen LogP contribution is -2.11. The smallest absolute Gasteiger partial charge is 0.323 e. The molecular formula is C12H9ClN4O2. The van der Waals surface area contributed by atoms with Gasteiger partial charge in [0.05, 0.1) is 16.1 Å². The van der Waals surface area contributed by atoms with Crippen molar-refractivity contribution in [3.05, 3.63) is 51.7 Å². The summed E-state index contributed by atoms with van der Waals surface area (Å²) in [4.78, 5) is 31.0. The van der Waals surface area contributed by atoms with Gasteiger partial charge in [0.2, 0.25) is 0 Å². The summed E-state index contributed by atoms with van der Waals surface area (Å²) in [5.74, 6) is -0.302. The highest BCUT2D eigenvalue weighted by atomic mass is 35.5. The van der Waals surface area contributed by atoms with E-state index in [1.165, 1.54) is 12.3 Å². The number of hydrogen-bond acceptors (Lipinski definition) is 2. The van der Waals surface area contributed by atoms with Crippen LogP contribution in [0.15, 0.2) is 35.3 Å². The molecule has 6 nitrogen and oxygen atoms in total. The van der Waals surface area contributed by atoms with Gasteiger partial charge in [-0.2, -0.15) is 0 Å². The average Bonchev–Trinajstić information content (AvgIpc) is 2.93. The summed E-state index contributed by atoms with van der Waals surface area (Å²) in [5.41, 5.74) is 1.99. The van der Waals surface area contributed by atoms with Crippen molar-refractivity contribution in [2.75, 3.05) is 5.32 Å². The molecule has 0 fully saturated rings. The van der Waals surface area contributed by atoms with Gasteiger partial charge in [-0.1, -0.05) is 11.6 Å². The van der Waals surface area contributed by atoms with Crippen molar-refractivity contribution in [3.63, 3.8) is 0 Å². The number of carbonyl (C=O) groups is 1. The van der Waals surface area contributed by atoms with E-state index < -0.39 is 0 Å². The number of rotatable bonds is 2. The Balaban J connectivity index is 1.88. The van der Waals surface area contributed by atoms with Gasteiger partial charge in [0.1, 0.15) is 5.69 Å². The summed E-state index contributed by atoms with van der Waals surface area (Å²) in [6, 6.07) is 6.63. The molecule has 0 radical (unpaired) electrons. The highest BCUT2D eigenvalue weighted by molar-refractivity contribution is 6.31. The molecule has 2 aromatic heterocycles. The molecule has 1 aromatic carbocycles. The summed E-state index contributed by atoms with van der Waals surface area (Å²) >= 11 is 5.73. The van der Waals surface area contributed by atoms with Crippen LogP contribution < -0.4 is 11.0 Å². The minimum atomic E-state index is -0.302. The van der Waals surface area contributed by atoms with Crippen molar-refractivity contribution >= 4 is 34.2 Å². The average molecular weight is 277 g/mol. The molecule has 1 amide bonds. The molecule has 3 aromatic rings. The monoisotopic (exact) mass is 276 g/mol. The molecule has 0 bridgehead atoms. The van der Waals surface area contributed by atoms with Gasteiger partial charge in [-0.05, 0) is 24.3 Å². The third-order valence-electron chi connectivity index (χ3n) is 2.67. The Labute approximate surface area is 111 Å². The summed E-state index contributed by atoms with van der Waals surface area (Å²) in [6.07, 6.45) is 1.53. The maximum atomic E-state index is 11.9. The molecule has 0 saturated heterocycles. The molecule has 7 heteroatoms. The Morgan fingerprint density at radius 2 is 1.95 bits per heavy atom. The van der Waals surface area contributed by atoms with E-state index in [9.17, 15) is 9.59 Å².